The molecular formula is C15H15FN2O3. The highest BCUT2D eigenvalue weighted by Gasteiger charge is 2.13. The van der Waals surface area contributed by atoms with E-state index in [1.165, 1.54) is 24.3 Å². The van der Waals surface area contributed by atoms with E-state index >= 15 is 0 Å². The first-order chi connectivity index (χ1) is 10.1. The molecule has 6 heteroatoms. The SMILES string of the molecule is CCNCc1cccc(F)c1Oc1cccc([N+](=O)[O-])c1. The second kappa shape index (κ2) is 6.81. The number of para-hydroxylation sites is 1. The molecule has 0 unspecified atom stereocenters. The van der Waals surface area contributed by atoms with Gasteiger partial charge in [-0.2, -0.15) is 0 Å². The van der Waals surface area contributed by atoms with Crippen molar-refractivity contribution in [2.45, 2.75) is 13.5 Å². The number of nitrogens with one attached hydrogen (secondary N) is 1. The lowest BCUT2D eigenvalue weighted by atomic mass is 10.2. The van der Waals surface area contributed by atoms with E-state index in [9.17, 15) is 14.5 Å². The number of nitro groups is 1. The largest absolute Gasteiger partial charge is 0.454 e. The topological polar surface area (TPSA) is 64.4 Å². The Morgan fingerprint density at radius 1 is 1.29 bits per heavy atom. The van der Waals surface area contributed by atoms with Crippen molar-refractivity contribution in [1.82, 2.24) is 5.32 Å². The second-order valence-corrected chi connectivity index (χ2v) is 4.36. The van der Waals surface area contributed by atoms with Crippen LogP contribution in [0.1, 0.15) is 12.5 Å². The summed E-state index contributed by atoms with van der Waals surface area (Å²) >= 11 is 0. The summed E-state index contributed by atoms with van der Waals surface area (Å²) in [7, 11) is 0. The summed E-state index contributed by atoms with van der Waals surface area (Å²) in [5, 5.41) is 13.8. The number of non-ortho nitro benzene ring substituents is 1. The van der Waals surface area contributed by atoms with Crippen LogP contribution >= 0.6 is 0 Å². The van der Waals surface area contributed by atoms with Gasteiger partial charge < -0.3 is 10.1 Å². The summed E-state index contributed by atoms with van der Waals surface area (Å²) in [6.07, 6.45) is 0. The minimum Gasteiger partial charge on any atom is -0.454 e. The van der Waals surface area contributed by atoms with Gasteiger partial charge in [0.15, 0.2) is 11.6 Å². The van der Waals surface area contributed by atoms with Crippen LogP contribution in [0, 0.1) is 15.9 Å². The molecule has 0 fully saturated rings. The maximum atomic E-state index is 13.9. The van der Waals surface area contributed by atoms with E-state index < -0.39 is 10.7 Å². The first kappa shape index (κ1) is 14.9. The van der Waals surface area contributed by atoms with E-state index in [2.05, 4.69) is 5.32 Å². The molecule has 0 aliphatic rings. The van der Waals surface area contributed by atoms with Crippen molar-refractivity contribution < 1.29 is 14.1 Å². The zero-order valence-corrected chi connectivity index (χ0v) is 11.5. The van der Waals surface area contributed by atoms with Crippen molar-refractivity contribution in [3.8, 4) is 11.5 Å². The molecule has 0 bridgehead atoms. The molecule has 2 aromatic carbocycles. The molecule has 0 aliphatic heterocycles. The van der Waals surface area contributed by atoms with Crippen molar-refractivity contribution in [2.24, 2.45) is 0 Å². The van der Waals surface area contributed by atoms with Crippen LogP contribution in [-0.2, 0) is 6.54 Å². The Bertz CT molecular complexity index is 647. The van der Waals surface area contributed by atoms with Crippen LogP contribution in [0.15, 0.2) is 42.5 Å². The molecule has 21 heavy (non-hydrogen) atoms. The summed E-state index contributed by atoms with van der Waals surface area (Å²) < 4.78 is 19.4. The zero-order chi connectivity index (χ0) is 15.2. The molecule has 0 amide bonds. The average Bonchev–Trinajstić information content (AvgIpc) is 2.48. The summed E-state index contributed by atoms with van der Waals surface area (Å²) in [6.45, 7) is 3.14. The Morgan fingerprint density at radius 2 is 2.05 bits per heavy atom. The normalized spacial score (nSPS) is 10.4. The van der Waals surface area contributed by atoms with Gasteiger partial charge in [0.05, 0.1) is 11.0 Å². The molecule has 0 aliphatic carbocycles. The van der Waals surface area contributed by atoms with Crippen molar-refractivity contribution in [1.29, 1.82) is 0 Å². The Labute approximate surface area is 121 Å². The minimum absolute atomic E-state index is 0.0824. The molecule has 110 valence electrons. The standard InChI is InChI=1S/C15H15FN2O3/c1-2-17-10-11-5-3-8-14(16)15(11)21-13-7-4-6-12(9-13)18(19)20/h3-9,17H,2,10H2,1H3. The summed E-state index contributed by atoms with van der Waals surface area (Å²) in [5.74, 6) is -0.192. The predicted molar refractivity (Wildman–Crippen MR) is 77.0 cm³/mol. The number of halogens is 1. The maximum absolute atomic E-state index is 13.9. The lowest BCUT2D eigenvalue weighted by molar-refractivity contribution is -0.384. The fourth-order valence-electron chi connectivity index (χ4n) is 1.85. The van der Waals surface area contributed by atoms with Crippen molar-refractivity contribution in [3.05, 3.63) is 64.0 Å². The van der Waals surface area contributed by atoms with Crippen LogP contribution in [0.25, 0.3) is 0 Å². The van der Waals surface area contributed by atoms with Gasteiger partial charge in [0.2, 0.25) is 0 Å². The van der Waals surface area contributed by atoms with Gasteiger partial charge in [0, 0.05) is 18.2 Å². The fraction of sp³-hybridized carbons (Fsp3) is 0.200. The summed E-state index contributed by atoms with van der Waals surface area (Å²) in [4.78, 5) is 10.2. The number of rotatable bonds is 6. The van der Waals surface area contributed by atoms with Crippen molar-refractivity contribution in [3.63, 3.8) is 0 Å². The Morgan fingerprint density at radius 3 is 2.76 bits per heavy atom. The highest BCUT2D eigenvalue weighted by molar-refractivity contribution is 5.43. The number of nitrogens with zero attached hydrogens (tertiary/aromatic N) is 1. The quantitative estimate of drug-likeness (QED) is 0.651. The molecule has 2 rings (SSSR count). The number of ether oxygens (including phenoxy) is 1. The highest BCUT2D eigenvalue weighted by atomic mass is 19.1. The molecular weight excluding hydrogens is 275 g/mol. The lowest BCUT2D eigenvalue weighted by Gasteiger charge is -2.12. The van der Waals surface area contributed by atoms with E-state index in [4.69, 9.17) is 4.74 Å². The van der Waals surface area contributed by atoms with E-state index in [1.54, 1.807) is 18.2 Å². The smallest absolute Gasteiger partial charge is 0.273 e. The van der Waals surface area contributed by atoms with E-state index in [0.717, 1.165) is 6.54 Å². The van der Waals surface area contributed by atoms with Gasteiger partial charge in [0.25, 0.3) is 5.69 Å². The minimum atomic E-state index is -0.520. The summed E-state index contributed by atoms with van der Waals surface area (Å²) in [6, 6.07) is 10.3. The fourth-order valence-corrected chi connectivity index (χ4v) is 1.85. The second-order valence-electron chi connectivity index (χ2n) is 4.36. The van der Waals surface area contributed by atoms with Gasteiger partial charge in [0.1, 0.15) is 5.75 Å². The number of hydrogen-bond acceptors (Lipinski definition) is 4. The Kier molecular flexibility index (Phi) is 4.84. The van der Waals surface area contributed by atoms with E-state index in [0.29, 0.717) is 12.1 Å². The molecule has 0 saturated heterocycles. The molecule has 5 nitrogen and oxygen atoms in total. The van der Waals surface area contributed by atoms with Crippen LogP contribution in [-0.4, -0.2) is 11.5 Å². The third kappa shape index (κ3) is 3.76. The van der Waals surface area contributed by atoms with Crippen LogP contribution in [0.4, 0.5) is 10.1 Å². The average molecular weight is 290 g/mol. The molecule has 1 N–H and O–H groups in total. The van der Waals surface area contributed by atoms with Crippen molar-refractivity contribution >= 4 is 5.69 Å². The molecule has 0 aromatic heterocycles. The highest BCUT2D eigenvalue weighted by Crippen LogP contribution is 2.30. The molecule has 0 atom stereocenters. The zero-order valence-electron chi connectivity index (χ0n) is 11.5. The van der Waals surface area contributed by atoms with E-state index in [-0.39, 0.29) is 17.2 Å². The molecule has 0 radical (unpaired) electrons. The van der Waals surface area contributed by atoms with Gasteiger partial charge >= 0.3 is 0 Å². The van der Waals surface area contributed by atoms with Gasteiger partial charge in [-0.15, -0.1) is 0 Å². The Hall–Kier alpha value is -2.47. The number of benzene rings is 2. The molecule has 0 saturated carbocycles. The number of nitro benzene ring substituents is 1. The monoisotopic (exact) mass is 290 g/mol. The van der Waals surface area contributed by atoms with Crippen LogP contribution in [0.5, 0.6) is 11.5 Å². The van der Waals surface area contributed by atoms with E-state index in [1.807, 2.05) is 6.92 Å². The molecule has 0 heterocycles. The number of hydrogen-bond donors (Lipinski definition) is 1. The first-order valence-electron chi connectivity index (χ1n) is 6.52. The maximum Gasteiger partial charge on any atom is 0.273 e. The van der Waals surface area contributed by atoms with Crippen LogP contribution in [0.3, 0.4) is 0 Å². The molecule has 2 aromatic rings. The first-order valence-corrected chi connectivity index (χ1v) is 6.52. The summed E-state index contributed by atoms with van der Waals surface area (Å²) in [5.41, 5.74) is 0.556. The third-order valence-electron chi connectivity index (χ3n) is 2.86. The van der Waals surface area contributed by atoms with Gasteiger partial charge in [-0.1, -0.05) is 25.1 Å². The molecule has 0 spiro atoms. The van der Waals surface area contributed by atoms with Gasteiger partial charge in [-0.3, -0.25) is 10.1 Å². The lowest BCUT2D eigenvalue weighted by Crippen LogP contribution is -2.12. The third-order valence-corrected chi connectivity index (χ3v) is 2.86. The van der Waals surface area contributed by atoms with Crippen LogP contribution in [0.2, 0.25) is 0 Å². The van der Waals surface area contributed by atoms with Crippen molar-refractivity contribution in [2.75, 3.05) is 6.54 Å². The Balaban J connectivity index is 2.30. The predicted octanol–water partition coefficient (Wildman–Crippen LogP) is 3.64. The van der Waals surface area contributed by atoms with Gasteiger partial charge in [-0.25, -0.2) is 4.39 Å². The van der Waals surface area contributed by atoms with Crippen LogP contribution < -0.4 is 10.1 Å². The van der Waals surface area contributed by atoms with Gasteiger partial charge in [-0.05, 0) is 18.7 Å².